The SMILES string of the molecule is O=C(CCCNC(=O)c1ccccc1)NC1(C(=O)O)CC1. The number of carboxylic acid groups (broad SMARTS) is 1. The molecule has 1 aromatic rings. The fraction of sp³-hybridized carbons (Fsp3) is 0.400. The van der Waals surface area contributed by atoms with Crippen LogP contribution in [0.3, 0.4) is 0 Å². The van der Waals surface area contributed by atoms with Crippen molar-refractivity contribution in [2.24, 2.45) is 0 Å². The predicted molar refractivity (Wildman–Crippen MR) is 75.8 cm³/mol. The first kappa shape index (κ1) is 15.0. The Balaban J connectivity index is 1.65. The van der Waals surface area contributed by atoms with Gasteiger partial charge < -0.3 is 15.7 Å². The van der Waals surface area contributed by atoms with Crippen LogP contribution >= 0.6 is 0 Å². The Morgan fingerprint density at radius 3 is 2.38 bits per heavy atom. The van der Waals surface area contributed by atoms with Crippen molar-refractivity contribution < 1.29 is 19.5 Å². The highest BCUT2D eigenvalue weighted by atomic mass is 16.4. The molecule has 6 heteroatoms. The molecule has 2 amide bonds. The Hall–Kier alpha value is -2.37. The summed E-state index contributed by atoms with van der Waals surface area (Å²) in [4.78, 5) is 34.3. The number of benzene rings is 1. The molecule has 0 heterocycles. The molecule has 2 rings (SSSR count). The maximum absolute atomic E-state index is 11.7. The Labute approximate surface area is 122 Å². The summed E-state index contributed by atoms with van der Waals surface area (Å²) in [5.74, 6) is -1.45. The zero-order chi connectivity index (χ0) is 15.3. The summed E-state index contributed by atoms with van der Waals surface area (Å²) in [6, 6.07) is 8.82. The van der Waals surface area contributed by atoms with E-state index >= 15 is 0 Å². The van der Waals surface area contributed by atoms with Gasteiger partial charge in [0.15, 0.2) is 0 Å². The van der Waals surface area contributed by atoms with Crippen molar-refractivity contribution in [2.45, 2.75) is 31.2 Å². The van der Waals surface area contributed by atoms with Crippen LogP contribution in [0.4, 0.5) is 0 Å². The fourth-order valence-electron chi connectivity index (χ4n) is 1.99. The molecule has 1 aromatic carbocycles. The molecular formula is C15H18N2O4. The lowest BCUT2D eigenvalue weighted by Crippen LogP contribution is -2.43. The molecule has 0 aromatic heterocycles. The van der Waals surface area contributed by atoms with Crippen molar-refractivity contribution in [2.75, 3.05) is 6.54 Å². The average molecular weight is 290 g/mol. The molecule has 0 radical (unpaired) electrons. The van der Waals surface area contributed by atoms with Crippen molar-refractivity contribution >= 4 is 17.8 Å². The summed E-state index contributed by atoms with van der Waals surface area (Å²) in [5.41, 5.74) is -0.463. The fourth-order valence-corrected chi connectivity index (χ4v) is 1.99. The van der Waals surface area contributed by atoms with Crippen molar-refractivity contribution in [3.63, 3.8) is 0 Å². The maximum Gasteiger partial charge on any atom is 0.329 e. The van der Waals surface area contributed by atoms with Crippen LogP contribution in [0.5, 0.6) is 0 Å². The summed E-state index contributed by atoms with van der Waals surface area (Å²) >= 11 is 0. The Morgan fingerprint density at radius 2 is 1.81 bits per heavy atom. The highest BCUT2D eigenvalue weighted by molar-refractivity contribution is 5.94. The zero-order valence-electron chi connectivity index (χ0n) is 11.6. The van der Waals surface area contributed by atoms with E-state index in [1.54, 1.807) is 24.3 Å². The highest BCUT2D eigenvalue weighted by Crippen LogP contribution is 2.35. The van der Waals surface area contributed by atoms with E-state index in [1.165, 1.54) is 0 Å². The van der Waals surface area contributed by atoms with Crippen molar-refractivity contribution in [1.82, 2.24) is 10.6 Å². The number of carboxylic acids is 1. The molecule has 112 valence electrons. The quantitative estimate of drug-likeness (QED) is 0.651. The summed E-state index contributed by atoms with van der Waals surface area (Å²) < 4.78 is 0. The van der Waals surface area contributed by atoms with Gasteiger partial charge in [-0.25, -0.2) is 4.79 Å². The van der Waals surface area contributed by atoms with Crippen molar-refractivity contribution in [3.8, 4) is 0 Å². The second kappa shape index (κ2) is 6.39. The van der Waals surface area contributed by atoms with Gasteiger partial charge in [-0.3, -0.25) is 9.59 Å². The van der Waals surface area contributed by atoms with E-state index in [9.17, 15) is 14.4 Å². The lowest BCUT2D eigenvalue weighted by atomic mass is 10.2. The van der Waals surface area contributed by atoms with Crippen LogP contribution in [-0.4, -0.2) is 35.0 Å². The van der Waals surface area contributed by atoms with Gasteiger partial charge in [0.05, 0.1) is 0 Å². The van der Waals surface area contributed by atoms with Crippen LogP contribution in [0.2, 0.25) is 0 Å². The standard InChI is InChI=1S/C15H18N2O4/c18-12(17-15(8-9-15)14(20)21)7-4-10-16-13(19)11-5-2-1-3-6-11/h1-3,5-6H,4,7-10H2,(H,16,19)(H,17,18)(H,20,21). The second-order valence-corrected chi connectivity index (χ2v) is 5.16. The van der Waals surface area contributed by atoms with Gasteiger partial charge in [-0.2, -0.15) is 0 Å². The van der Waals surface area contributed by atoms with Gasteiger partial charge in [-0.05, 0) is 31.4 Å². The molecule has 21 heavy (non-hydrogen) atoms. The molecule has 0 aliphatic heterocycles. The van der Waals surface area contributed by atoms with E-state index in [4.69, 9.17) is 5.11 Å². The zero-order valence-corrected chi connectivity index (χ0v) is 11.6. The summed E-state index contributed by atoms with van der Waals surface area (Å²) in [5, 5.41) is 14.2. The summed E-state index contributed by atoms with van der Waals surface area (Å²) in [7, 11) is 0. The monoisotopic (exact) mass is 290 g/mol. The molecule has 0 atom stereocenters. The number of carbonyl (C=O) groups excluding carboxylic acids is 2. The minimum Gasteiger partial charge on any atom is -0.480 e. The first-order valence-electron chi connectivity index (χ1n) is 6.91. The number of aliphatic carboxylic acids is 1. The molecular weight excluding hydrogens is 272 g/mol. The van der Waals surface area contributed by atoms with Crippen molar-refractivity contribution in [1.29, 1.82) is 0 Å². The second-order valence-electron chi connectivity index (χ2n) is 5.16. The van der Waals surface area contributed by atoms with E-state index in [2.05, 4.69) is 10.6 Å². The van der Waals surface area contributed by atoms with Crippen LogP contribution in [-0.2, 0) is 9.59 Å². The maximum atomic E-state index is 11.7. The Morgan fingerprint density at radius 1 is 1.14 bits per heavy atom. The van der Waals surface area contributed by atoms with E-state index in [1.807, 2.05) is 6.07 Å². The third kappa shape index (κ3) is 4.05. The van der Waals surface area contributed by atoms with E-state index in [-0.39, 0.29) is 18.2 Å². The average Bonchev–Trinajstić information content (AvgIpc) is 3.25. The lowest BCUT2D eigenvalue weighted by Gasteiger charge is -2.12. The number of rotatable bonds is 7. The van der Waals surface area contributed by atoms with Crippen LogP contribution in [0.15, 0.2) is 30.3 Å². The molecule has 6 nitrogen and oxygen atoms in total. The molecule has 0 spiro atoms. The number of hydrogen-bond donors (Lipinski definition) is 3. The topological polar surface area (TPSA) is 95.5 Å². The van der Waals surface area contributed by atoms with Crippen LogP contribution < -0.4 is 10.6 Å². The molecule has 1 aliphatic carbocycles. The van der Waals surface area contributed by atoms with Crippen molar-refractivity contribution in [3.05, 3.63) is 35.9 Å². The van der Waals surface area contributed by atoms with Gasteiger partial charge in [-0.15, -0.1) is 0 Å². The Bertz CT molecular complexity index is 538. The van der Waals surface area contributed by atoms with Gasteiger partial charge in [0.2, 0.25) is 5.91 Å². The molecule has 1 saturated carbocycles. The van der Waals surface area contributed by atoms with Crippen LogP contribution in [0.25, 0.3) is 0 Å². The number of carbonyl (C=O) groups is 3. The van der Waals surface area contributed by atoms with E-state index in [0.717, 1.165) is 0 Å². The molecule has 1 fully saturated rings. The third-order valence-corrected chi connectivity index (χ3v) is 3.44. The minimum atomic E-state index is -1.04. The van der Waals surface area contributed by atoms with Gasteiger partial charge in [0.1, 0.15) is 5.54 Å². The van der Waals surface area contributed by atoms with Gasteiger partial charge >= 0.3 is 5.97 Å². The number of nitrogens with one attached hydrogen (secondary N) is 2. The van der Waals surface area contributed by atoms with E-state index in [0.29, 0.717) is 31.4 Å². The van der Waals surface area contributed by atoms with Crippen LogP contribution in [0, 0.1) is 0 Å². The first-order chi connectivity index (χ1) is 10.0. The first-order valence-corrected chi connectivity index (χ1v) is 6.91. The molecule has 3 N–H and O–H groups in total. The van der Waals surface area contributed by atoms with Gasteiger partial charge in [0, 0.05) is 18.5 Å². The summed E-state index contributed by atoms with van der Waals surface area (Å²) in [6.07, 6.45) is 1.64. The van der Waals surface area contributed by atoms with Gasteiger partial charge in [0.25, 0.3) is 5.91 Å². The molecule has 0 saturated heterocycles. The highest BCUT2D eigenvalue weighted by Gasteiger charge is 2.51. The molecule has 1 aliphatic rings. The summed E-state index contributed by atoms with van der Waals surface area (Å²) in [6.45, 7) is 0.376. The lowest BCUT2D eigenvalue weighted by molar-refractivity contribution is -0.143. The predicted octanol–water partition coefficient (Wildman–Crippen LogP) is 0.930. The largest absolute Gasteiger partial charge is 0.480 e. The number of amides is 2. The Kier molecular flexibility index (Phi) is 4.57. The van der Waals surface area contributed by atoms with Crippen LogP contribution in [0.1, 0.15) is 36.0 Å². The smallest absolute Gasteiger partial charge is 0.329 e. The minimum absolute atomic E-state index is 0.180. The molecule has 0 bridgehead atoms. The third-order valence-electron chi connectivity index (χ3n) is 3.44. The molecule has 0 unspecified atom stereocenters. The number of hydrogen-bond acceptors (Lipinski definition) is 3. The normalized spacial score (nSPS) is 15.0. The van der Waals surface area contributed by atoms with E-state index < -0.39 is 11.5 Å². The van der Waals surface area contributed by atoms with Gasteiger partial charge in [-0.1, -0.05) is 18.2 Å².